The number of anilines is 1. The Bertz CT molecular complexity index is 681. The Balaban J connectivity index is 1.85. The first kappa shape index (κ1) is 15.4. The highest BCUT2D eigenvalue weighted by Crippen LogP contribution is 2.29. The van der Waals surface area contributed by atoms with Crippen LogP contribution in [-0.4, -0.2) is 24.2 Å². The highest BCUT2D eigenvalue weighted by Gasteiger charge is 2.29. The molecule has 1 aliphatic heterocycles. The van der Waals surface area contributed by atoms with Gasteiger partial charge in [0.15, 0.2) is 0 Å². The van der Waals surface area contributed by atoms with Crippen molar-refractivity contribution >= 4 is 11.6 Å². The Labute approximate surface area is 136 Å². The Hall–Kier alpha value is -2.49. The van der Waals surface area contributed by atoms with E-state index < -0.39 is 0 Å². The van der Waals surface area contributed by atoms with E-state index in [4.69, 9.17) is 4.74 Å². The van der Waals surface area contributed by atoms with Crippen molar-refractivity contribution in [1.29, 1.82) is 0 Å². The number of hydrogen-bond donors (Lipinski definition) is 1. The van der Waals surface area contributed by atoms with Crippen LogP contribution in [0, 0.1) is 0 Å². The first-order valence-electron chi connectivity index (χ1n) is 7.91. The zero-order valence-electron chi connectivity index (χ0n) is 13.2. The molecule has 1 aliphatic rings. The Kier molecular flexibility index (Phi) is 4.51. The van der Waals surface area contributed by atoms with Crippen LogP contribution in [0.15, 0.2) is 48.5 Å². The minimum Gasteiger partial charge on any atom is -0.508 e. The maximum absolute atomic E-state index is 12.4. The van der Waals surface area contributed by atoms with Crippen LogP contribution in [0.3, 0.4) is 0 Å². The van der Waals surface area contributed by atoms with Crippen molar-refractivity contribution in [2.24, 2.45) is 0 Å². The number of methoxy groups -OCH3 is 1. The summed E-state index contributed by atoms with van der Waals surface area (Å²) in [6.07, 6.45) is 3.27. The van der Waals surface area contributed by atoms with Crippen LogP contribution in [0.2, 0.25) is 0 Å². The van der Waals surface area contributed by atoms with Crippen LogP contribution in [0.5, 0.6) is 11.5 Å². The van der Waals surface area contributed by atoms with E-state index in [-0.39, 0.29) is 17.7 Å². The molecule has 1 heterocycles. The first-order valence-corrected chi connectivity index (χ1v) is 7.91. The molecule has 1 N–H and O–H groups in total. The maximum Gasteiger partial charge on any atom is 0.227 e. The van der Waals surface area contributed by atoms with Crippen molar-refractivity contribution in [3.05, 3.63) is 54.1 Å². The molecule has 1 unspecified atom stereocenters. The number of nitrogens with zero attached hydrogens (tertiary/aromatic N) is 1. The second-order valence-electron chi connectivity index (χ2n) is 5.88. The summed E-state index contributed by atoms with van der Waals surface area (Å²) < 4.78 is 5.28. The third-order valence-electron chi connectivity index (χ3n) is 4.30. The average Bonchev–Trinajstić information content (AvgIpc) is 2.56. The van der Waals surface area contributed by atoms with Crippen LogP contribution in [0.4, 0.5) is 5.69 Å². The molecule has 1 amide bonds. The molecule has 1 atom stereocenters. The molecule has 2 aromatic rings. The highest BCUT2D eigenvalue weighted by molar-refractivity contribution is 5.94. The van der Waals surface area contributed by atoms with Gasteiger partial charge in [0.1, 0.15) is 11.5 Å². The third kappa shape index (κ3) is 3.47. The maximum atomic E-state index is 12.4. The minimum atomic E-state index is 0.132. The van der Waals surface area contributed by atoms with Gasteiger partial charge in [-0.25, -0.2) is 0 Å². The van der Waals surface area contributed by atoms with Gasteiger partial charge in [-0.1, -0.05) is 12.1 Å². The van der Waals surface area contributed by atoms with Gasteiger partial charge < -0.3 is 14.7 Å². The Morgan fingerprint density at radius 3 is 2.74 bits per heavy atom. The molecule has 0 aromatic heterocycles. The molecule has 0 spiro atoms. The molecule has 120 valence electrons. The number of carbonyl (C=O) groups excluding carboxylic acids is 1. The zero-order chi connectivity index (χ0) is 16.2. The lowest BCUT2D eigenvalue weighted by Gasteiger charge is -2.36. The number of benzene rings is 2. The first-order chi connectivity index (χ1) is 11.2. The van der Waals surface area contributed by atoms with E-state index in [1.807, 2.05) is 23.1 Å². The molecule has 4 heteroatoms. The van der Waals surface area contributed by atoms with Crippen molar-refractivity contribution in [2.75, 3.05) is 12.0 Å². The molecule has 2 aromatic carbocycles. The number of ether oxygens (including phenoxy) is 1. The van der Waals surface area contributed by atoms with Gasteiger partial charge in [0.05, 0.1) is 7.11 Å². The molecule has 0 aliphatic carbocycles. The van der Waals surface area contributed by atoms with Crippen LogP contribution in [-0.2, 0) is 11.2 Å². The predicted octanol–water partition coefficient (Wildman–Crippen LogP) is 3.53. The normalized spacial score (nSPS) is 18.0. The molecule has 0 bridgehead atoms. The standard InChI is InChI=1S/C19H21NO3/c1-23-18-6-2-4-14(13-18)12-16-5-3-7-19(22)20(16)15-8-10-17(21)11-9-15/h2,4,6,8-11,13,16,21H,3,5,7,12H2,1H3. The molecular formula is C19H21NO3. The highest BCUT2D eigenvalue weighted by atomic mass is 16.5. The fraction of sp³-hybridized carbons (Fsp3) is 0.316. The zero-order valence-corrected chi connectivity index (χ0v) is 13.2. The lowest BCUT2D eigenvalue weighted by molar-refractivity contribution is -0.120. The SMILES string of the molecule is COc1cccc(CC2CCCC(=O)N2c2ccc(O)cc2)c1. The van der Waals surface area contributed by atoms with E-state index >= 15 is 0 Å². The van der Waals surface area contributed by atoms with Crippen LogP contribution in [0.1, 0.15) is 24.8 Å². The number of hydrogen-bond acceptors (Lipinski definition) is 3. The van der Waals surface area contributed by atoms with Crippen molar-refractivity contribution in [2.45, 2.75) is 31.7 Å². The molecular weight excluding hydrogens is 290 g/mol. The number of phenols is 1. The third-order valence-corrected chi connectivity index (χ3v) is 4.30. The van der Waals surface area contributed by atoms with Gasteiger partial charge >= 0.3 is 0 Å². The van der Waals surface area contributed by atoms with E-state index in [0.29, 0.717) is 6.42 Å². The summed E-state index contributed by atoms with van der Waals surface area (Å²) >= 11 is 0. The van der Waals surface area contributed by atoms with E-state index in [2.05, 4.69) is 6.07 Å². The number of aromatic hydroxyl groups is 1. The predicted molar refractivity (Wildman–Crippen MR) is 89.9 cm³/mol. The minimum absolute atomic E-state index is 0.132. The molecule has 1 fully saturated rings. The van der Waals surface area contributed by atoms with Gasteiger partial charge in [-0.2, -0.15) is 0 Å². The summed E-state index contributed by atoms with van der Waals surface area (Å²) in [7, 11) is 1.66. The summed E-state index contributed by atoms with van der Waals surface area (Å²) in [5.74, 6) is 1.19. The molecule has 4 nitrogen and oxygen atoms in total. The fourth-order valence-corrected chi connectivity index (χ4v) is 3.18. The number of phenolic OH excluding ortho intramolecular Hbond substituents is 1. The van der Waals surface area contributed by atoms with E-state index in [1.165, 1.54) is 0 Å². The van der Waals surface area contributed by atoms with Crippen LogP contribution in [0.25, 0.3) is 0 Å². The van der Waals surface area contributed by atoms with Crippen molar-refractivity contribution in [3.8, 4) is 11.5 Å². The second kappa shape index (κ2) is 6.73. The van der Waals surface area contributed by atoms with Crippen molar-refractivity contribution < 1.29 is 14.6 Å². The number of rotatable bonds is 4. The smallest absolute Gasteiger partial charge is 0.227 e. The van der Waals surface area contributed by atoms with E-state index in [1.54, 1.807) is 31.4 Å². The summed E-state index contributed by atoms with van der Waals surface area (Å²) in [6, 6.07) is 15.0. The lowest BCUT2D eigenvalue weighted by Crippen LogP contribution is -2.45. The van der Waals surface area contributed by atoms with Crippen LogP contribution >= 0.6 is 0 Å². The summed E-state index contributed by atoms with van der Waals surface area (Å²) in [4.78, 5) is 14.3. The monoisotopic (exact) mass is 311 g/mol. The molecule has 0 saturated carbocycles. The largest absolute Gasteiger partial charge is 0.508 e. The molecule has 23 heavy (non-hydrogen) atoms. The summed E-state index contributed by atoms with van der Waals surface area (Å²) in [5, 5.41) is 9.46. The summed E-state index contributed by atoms with van der Waals surface area (Å²) in [5.41, 5.74) is 2.01. The topological polar surface area (TPSA) is 49.8 Å². The number of piperidine rings is 1. The van der Waals surface area contributed by atoms with Crippen molar-refractivity contribution in [3.63, 3.8) is 0 Å². The van der Waals surface area contributed by atoms with Gasteiger partial charge in [0.2, 0.25) is 5.91 Å². The van der Waals surface area contributed by atoms with Crippen molar-refractivity contribution in [1.82, 2.24) is 0 Å². The Morgan fingerprint density at radius 1 is 1.22 bits per heavy atom. The van der Waals surface area contributed by atoms with E-state index in [0.717, 1.165) is 36.3 Å². The lowest BCUT2D eigenvalue weighted by atomic mass is 9.94. The molecule has 1 saturated heterocycles. The van der Waals surface area contributed by atoms with Gasteiger partial charge in [-0.15, -0.1) is 0 Å². The van der Waals surface area contributed by atoms with Gasteiger partial charge in [-0.05, 0) is 61.2 Å². The van der Waals surface area contributed by atoms with Gasteiger partial charge in [0.25, 0.3) is 0 Å². The van der Waals surface area contributed by atoms with Gasteiger partial charge in [0, 0.05) is 18.2 Å². The number of carbonyl (C=O) groups is 1. The van der Waals surface area contributed by atoms with Crippen LogP contribution < -0.4 is 9.64 Å². The average molecular weight is 311 g/mol. The number of amides is 1. The van der Waals surface area contributed by atoms with Gasteiger partial charge in [-0.3, -0.25) is 4.79 Å². The summed E-state index contributed by atoms with van der Waals surface area (Å²) in [6.45, 7) is 0. The van der Waals surface area contributed by atoms with E-state index in [9.17, 15) is 9.90 Å². The second-order valence-corrected chi connectivity index (χ2v) is 5.88. The quantitative estimate of drug-likeness (QED) is 0.939. The Morgan fingerprint density at radius 2 is 2.00 bits per heavy atom. The molecule has 3 rings (SSSR count). The fourth-order valence-electron chi connectivity index (χ4n) is 3.18. The molecule has 0 radical (unpaired) electrons.